The standard InChI is InChI=1S/C12H18N3O7PS/c1-3-21-23(20,22-4-2)24-8-7-13-11-6-5-10(14(16)17)9-12(11)15(18)19/h5-6,9,13H,3-4,7-8H2,1-2H3. The summed E-state index contributed by atoms with van der Waals surface area (Å²) in [4.78, 5) is 20.3. The van der Waals surface area contributed by atoms with Gasteiger partial charge in [0.25, 0.3) is 11.4 Å². The van der Waals surface area contributed by atoms with Gasteiger partial charge in [-0.05, 0) is 31.3 Å². The molecule has 10 nitrogen and oxygen atoms in total. The molecule has 0 saturated carbocycles. The summed E-state index contributed by atoms with van der Waals surface area (Å²) >= 11 is 0.985. The summed E-state index contributed by atoms with van der Waals surface area (Å²) in [6.45, 7) is 0.886. The number of hydrogen-bond donors (Lipinski definition) is 1. The van der Waals surface area contributed by atoms with Gasteiger partial charge in [-0.15, -0.1) is 0 Å². The molecule has 0 aliphatic rings. The highest BCUT2D eigenvalue weighted by Crippen LogP contribution is 2.60. The van der Waals surface area contributed by atoms with E-state index in [4.69, 9.17) is 9.05 Å². The van der Waals surface area contributed by atoms with Crippen molar-refractivity contribution >= 4 is 35.2 Å². The molecule has 0 amide bonds. The summed E-state index contributed by atoms with van der Waals surface area (Å²) in [5, 5.41) is 24.5. The quantitative estimate of drug-likeness (QED) is 0.263. The molecule has 0 aromatic heterocycles. The molecule has 24 heavy (non-hydrogen) atoms. The van der Waals surface area contributed by atoms with Crippen LogP contribution in [0.3, 0.4) is 0 Å². The number of non-ortho nitro benzene ring substituents is 1. The largest absolute Gasteiger partial charge is 0.389 e. The predicted octanol–water partition coefficient (Wildman–Crippen LogP) is 3.83. The van der Waals surface area contributed by atoms with Gasteiger partial charge in [-0.25, -0.2) is 4.57 Å². The van der Waals surface area contributed by atoms with Gasteiger partial charge >= 0.3 is 6.80 Å². The highest BCUT2D eigenvalue weighted by Gasteiger charge is 2.24. The van der Waals surface area contributed by atoms with E-state index in [1.165, 1.54) is 12.1 Å². The molecule has 0 heterocycles. The molecule has 0 spiro atoms. The maximum absolute atomic E-state index is 12.2. The summed E-state index contributed by atoms with van der Waals surface area (Å²) in [5.41, 5.74) is -0.611. The van der Waals surface area contributed by atoms with Gasteiger partial charge in [0, 0.05) is 18.4 Å². The first-order valence-corrected chi connectivity index (χ1v) is 10.2. The molecule has 0 aliphatic heterocycles. The van der Waals surface area contributed by atoms with Gasteiger partial charge in [0.15, 0.2) is 0 Å². The van der Waals surface area contributed by atoms with E-state index in [-0.39, 0.29) is 31.1 Å². The zero-order chi connectivity index (χ0) is 18.2. The molecule has 1 aromatic rings. The molecule has 0 saturated heterocycles. The van der Waals surface area contributed by atoms with E-state index in [1.807, 2.05) is 0 Å². The Balaban J connectivity index is 2.69. The second-order valence-corrected chi connectivity index (χ2v) is 8.45. The van der Waals surface area contributed by atoms with Crippen molar-refractivity contribution < 1.29 is 23.5 Å². The molecular weight excluding hydrogens is 361 g/mol. The molecule has 1 rings (SSSR count). The second-order valence-electron chi connectivity index (χ2n) is 4.26. The average Bonchev–Trinajstić information content (AvgIpc) is 2.51. The van der Waals surface area contributed by atoms with Crippen molar-refractivity contribution in [3.8, 4) is 0 Å². The van der Waals surface area contributed by atoms with Gasteiger partial charge in [-0.3, -0.25) is 20.2 Å². The first kappa shape index (κ1) is 20.4. The van der Waals surface area contributed by atoms with Crippen LogP contribution in [-0.4, -0.2) is 35.4 Å². The first-order valence-electron chi connectivity index (χ1n) is 7.03. The number of nitrogens with zero attached hydrogens (tertiary/aromatic N) is 2. The van der Waals surface area contributed by atoms with E-state index in [9.17, 15) is 24.8 Å². The molecule has 134 valence electrons. The van der Waals surface area contributed by atoms with Crippen molar-refractivity contribution in [2.24, 2.45) is 0 Å². The molecule has 0 fully saturated rings. The molecule has 0 atom stereocenters. The zero-order valence-corrected chi connectivity index (χ0v) is 14.9. The van der Waals surface area contributed by atoms with E-state index in [0.29, 0.717) is 5.75 Å². The second kappa shape index (κ2) is 9.58. The van der Waals surface area contributed by atoms with Crippen molar-refractivity contribution in [2.45, 2.75) is 13.8 Å². The monoisotopic (exact) mass is 379 g/mol. The summed E-state index contributed by atoms with van der Waals surface area (Å²) < 4.78 is 22.4. The molecule has 0 aliphatic carbocycles. The van der Waals surface area contributed by atoms with Crippen LogP contribution in [0.5, 0.6) is 0 Å². The SMILES string of the molecule is CCOP(=O)(OCC)SCCNc1ccc([N+](=O)[O-])cc1[N+](=O)[O-]. The number of anilines is 1. The molecular formula is C12H18N3O7PS. The van der Waals surface area contributed by atoms with Crippen molar-refractivity contribution in [1.29, 1.82) is 0 Å². The highest BCUT2D eigenvalue weighted by atomic mass is 32.7. The van der Waals surface area contributed by atoms with E-state index in [1.54, 1.807) is 13.8 Å². The smallest absolute Gasteiger partial charge is 0.379 e. The Morgan fingerprint density at radius 2 is 1.79 bits per heavy atom. The Hall–Kier alpha value is -1.68. The van der Waals surface area contributed by atoms with E-state index in [0.717, 1.165) is 17.4 Å². The lowest BCUT2D eigenvalue weighted by molar-refractivity contribution is -0.393. The summed E-state index contributed by atoms with van der Waals surface area (Å²) in [7, 11) is 0. The fourth-order valence-corrected chi connectivity index (χ4v) is 5.00. The topological polar surface area (TPSA) is 134 Å². The number of nitro groups is 2. The van der Waals surface area contributed by atoms with Crippen molar-refractivity contribution in [3.05, 3.63) is 38.4 Å². The maximum Gasteiger partial charge on any atom is 0.389 e. The number of rotatable bonds is 11. The van der Waals surface area contributed by atoms with Crippen LogP contribution in [0, 0.1) is 20.2 Å². The van der Waals surface area contributed by atoms with Crippen molar-refractivity contribution in [2.75, 3.05) is 30.8 Å². The predicted molar refractivity (Wildman–Crippen MR) is 91.6 cm³/mol. The lowest BCUT2D eigenvalue weighted by Crippen LogP contribution is -2.07. The summed E-state index contributed by atoms with van der Waals surface area (Å²) in [6, 6.07) is 3.33. The van der Waals surface area contributed by atoms with Crippen LogP contribution in [0.4, 0.5) is 17.1 Å². The third kappa shape index (κ3) is 6.08. The Bertz CT molecular complexity index is 633. The van der Waals surface area contributed by atoms with Crippen LogP contribution < -0.4 is 5.32 Å². The van der Waals surface area contributed by atoms with E-state index < -0.39 is 22.3 Å². The maximum atomic E-state index is 12.2. The van der Waals surface area contributed by atoms with Crippen LogP contribution >= 0.6 is 18.2 Å². The third-order valence-corrected chi connectivity index (χ3v) is 6.61. The van der Waals surface area contributed by atoms with Crippen LogP contribution in [0.15, 0.2) is 18.2 Å². The Morgan fingerprint density at radius 3 is 2.29 bits per heavy atom. The summed E-state index contributed by atoms with van der Waals surface area (Å²) in [6.07, 6.45) is 0. The molecule has 1 N–H and O–H groups in total. The highest BCUT2D eigenvalue weighted by molar-refractivity contribution is 8.55. The van der Waals surface area contributed by atoms with Crippen LogP contribution in [-0.2, 0) is 13.6 Å². The molecule has 0 bridgehead atoms. The Kier molecular flexibility index (Phi) is 8.13. The lowest BCUT2D eigenvalue weighted by Gasteiger charge is -2.16. The van der Waals surface area contributed by atoms with Crippen LogP contribution in [0.25, 0.3) is 0 Å². The number of nitro benzene ring substituents is 2. The van der Waals surface area contributed by atoms with Crippen molar-refractivity contribution in [1.82, 2.24) is 0 Å². The lowest BCUT2D eigenvalue weighted by atomic mass is 10.2. The van der Waals surface area contributed by atoms with Gasteiger partial charge in [-0.2, -0.15) is 0 Å². The Labute approximate surface area is 142 Å². The van der Waals surface area contributed by atoms with Gasteiger partial charge in [0.2, 0.25) is 0 Å². The number of hydrogen-bond acceptors (Lipinski definition) is 9. The fraction of sp³-hybridized carbons (Fsp3) is 0.500. The third-order valence-electron chi connectivity index (χ3n) is 2.63. The van der Waals surface area contributed by atoms with Gasteiger partial charge < -0.3 is 14.4 Å². The van der Waals surface area contributed by atoms with Gasteiger partial charge in [-0.1, -0.05) is 0 Å². The molecule has 12 heteroatoms. The van der Waals surface area contributed by atoms with Crippen LogP contribution in [0.2, 0.25) is 0 Å². The molecule has 0 radical (unpaired) electrons. The van der Waals surface area contributed by atoms with Gasteiger partial charge in [0.05, 0.1) is 29.1 Å². The van der Waals surface area contributed by atoms with E-state index in [2.05, 4.69) is 5.32 Å². The average molecular weight is 379 g/mol. The molecule has 1 aromatic carbocycles. The normalized spacial score (nSPS) is 11.2. The number of benzene rings is 1. The first-order chi connectivity index (χ1) is 11.3. The Morgan fingerprint density at radius 1 is 1.17 bits per heavy atom. The molecule has 0 unspecified atom stereocenters. The minimum Gasteiger partial charge on any atom is -0.379 e. The van der Waals surface area contributed by atoms with Crippen molar-refractivity contribution in [3.63, 3.8) is 0 Å². The van der Waals surface area contributed by atoms with E-state index >= 15 is 0 Å². The summed E-state index contributed by atoms with van der Waals surface area (Å²) in [5.74, 6) is 0.311. The van der Waals surface area contributed by atoms with Crippen LogP contribution in [0.1, 0.15) is 13.8 Å². The van der Waals surface area contributed by atoms with Gasteiger partial charge in [0.1, 0.15) is 5.69 Å². The minimum absolute atomic E-state index is 0.147. The zero-order valence-electron chi connectivity index (χ0n) is 13.2. The minimum atomic E-state index is -3.24. The number of nitrogens with one attached hydrogen (secondary N) is 1. The fourth-order valence-electron chi connectivity index (χ4n) is 1.71.